The summed E-state index contributed by atoms with van der Waals surface area (Å²) >= 11 is 3.44. The number of hydrogen-bond acceptors (Lipinski definition) is 4. The van der Waals surface area contributed by atoms with E-state index < -0.39 is 0 Å². The van der Waals surface area contributed by atoms with E-state index >= 15 is 0 Å². The van der Waals surface area contributed by atoms with Gasteiger partial charge in [0.1, 0.15) is 24.0 Å². The molecule has 7 heteroatoms. The molecule has 2 heterocycles. The normalized spacial score (nSPS) is 14.1. The fourth-order valence-corrected chi connectivity index (χ4v) is 4.27. The van der Waals surface area contributed by atoms with Crippen LogP contribution in [0.25, 0.3) is 11.8 Å². The van der Waals surface area contributed by atoms with E-state index in [4.69, 9.17) is 9.47 Å². The summed E-state index contributed by atoms with van der Waals surface area (Å²) in [5, 5.41) is 9.63. The monoisotopic (exact) mass is 519 g/mol. The van der Waals surface area contributed by atoms with E-state index in [-0.39, 0.29) is 11.5 Å². The number of ether oxygens (including phenoxy) is 2. The molecule has 1 aliphatic heterocycles. The van der Waals surface area contributed by atoms with Crippen LogP contribution >= 0.6 is 15.9 Å². The first-order chi connectivity index (χ1) is 16.5. The number of nitrogens with zero attached hydrogens (tertiary/aromatic N) is 3. The molecule has 1 aromatic heterocycles. The zero-order valence-electron chi connectivity index (χ0n) is 19.3. The van der Waals surface area contributed by atoms with Gasteiger partial charge in [0, 0.05) is 34.6 Å². The van der Waals surface area contributed by atoms with Gasteiger partial charge in [-0.15, -0.1) is 0 Å². The number of hydrogen-bond donors (Lipinski definition) is 0. The first-order valence-corrected chi connectivity index (χ1v) is 11.9. The predicted molar refractivity (Wildman–Crippen MR) is 135 cm³/mol. The van der Waals surface area contributed by atoms with E-state index in [2.05, 4.69) is 26.6 Å². The van der Waals surface area contributed by atoms with Gasteiger partial charge in [0.2, 0.25) is 0 Å². The predicted octanol–water partition coefficient (Wildman–Crippen LogP) is 5.20. The minimum Gasteiger partial charge on any atom is -0.489 e. The quantitative estimate of drug-likeness (QED) is 0.331. The molecule has 0 N–H and O–H groups in total. The SMILES string of the molecule is Cc1cc(/C=C(/C#N)C(=O)N2CCOCC2)c(C)n1-c1ccc(OCc2ccc(Br)cc2)cc1. The molecule has 0 spiro atoms. The van der Waals surface area contributed by atoms with Crippen molar-refractivity contribution in [3.05, 3.63) is 87.2 Å². The summed E-state index contributed by atoms with van der Waals surface area (Å²) in [6.45, 7) is 6.52. The smallest absolute Gasteiger partial charge is 0.264 e. The van der Waals surface area contributed by atoms with Crippen LogP contribution in [0.1, 0.15) is 22.5 Å². The molecule has 174 valence electrons. The van der Waals surface area contributed by atoms with Gasteiger partial charge in [-0.2, -0.15) is 5.26 Å². The molecule has 1 amide bonds. The number of carbonyl (C=O) groups is 1. The van der Waals surface area contributed by atoms with Crippen molar-refractivity contribution in [1.29, 1.82) is 5.26 Å². The van der Waals surface area contributed by atoms with Gasteiger partial charge >= 0.3 is 0 Å². The number of rotatable bonds is 6. The third-order valence-corrected chi connectivity index (χ3v) is 6.36. The van der Waals surface area contributed by atoms with Crippen LogP contribution in [0.3, 0.4) is 0 Å². The lowest BCUT2D eigenvalue weighted by molar-refractivity contribution is -0.130. The van der Waals surface area contributed by atoms with Crippen LogP contribution in [0.4, 0.5) is 0 Å². The van der Waals surface area contributed by atoms with Gasteiger partial charge in [-0.1, -0.05) is 28.1 Å². The third-order valence-electron chi connectivity index (χ3n) is 5.83. The lowest BCUT2D eigenvalue weighted by Crippen LogP contribution is -2.41. The third kappa shape index (κ3) is 5.41. The molecule has 0 saturated carbocycles. The van der Waals surface area contributed by atoms with Crippen LogP contribution in [-0.4, -0.2) is 41.7 Å². The Labute approximate surface area is 208 Å². The first-order valence-electron chi connectivity index (χ1n) is 11.1. The zero-order chi connectivity index (χ0) is 24.1. The summed E-state index contributed by atoms with van der Waals surface area (Å²) in [4.78, 5) is 14.5. The minimum absolute atomic E-state index is 0.138. The number of amides is 1. The van der Waals surface area contributed by atoms with Crippen LogP contribution in [0.15, 0.2) is 64.6 Å². The molecular formula is C27H26BrN3O3. The summed E-state index contributed by atoms with van der Waals surface area (Å²) in [6.07, 6.45) is 1.69. The Morgan fingerprint density at radius 1 is 1.12 bits per heavy atom. The molecule has 34 heavy (non-hydrogen) atoms. The van der Waals surface area contributed by atoms with Gasteiger partial charge in [0.15, 0.2) is 0 Å². The Morgan fingerprint density at radius 3 is 2.44 bits per heavy atom. The van der Waals surface area contributed by atoms with Crippen LogP contribution < -0.4 is 4.74 Å². The summed E-state index contributed by atoms with van der Waals surface area (Å²) < 4.78 is 14.4. The molecule has 1 saturated heterocycles. The molecule has 6 nitrogen and oxygen atoms in total. The molecule has 1 aliphatic rings. The number of aryl methyl sites for hydroxylation is 1. The summed E-state index contributed by atoms with van der Waals surface area (Å²) in [6, 6.07) is 20.0. The van der Waals surface area contributed by atoms with Crippen LogP contribution in [0, 0.1) is 25.2 Å². The summed E-state index contributed by atoms with van der Waals surface area (Å²) in [5.74, 6) is 0.542. The molecule has 2 aromatic carbocycles. The Morgan fingerprint density at radius 2 is 1.79 bits per heavy atom. The molecule has 3 aromatic rings. The van der Waals surface area contributed by atoms with E-state index in [1.165, 1.54) is 0 Å². The standard InChI is InChI=1S/C27H26BrN3O3/c1-19-15-22(16-23(17-29)27(32)30-11-13-33-14-12-30)20(2)31(19)25-7-9-26(10-8-25)34-18-21-3-5-24(28)6-4-21/h3-10,15-16H,11-14,18H2,1-2H3/b23-16-. The van der Waals surface area contributed by atoms with Gasteiger partial charge in [-0.05, 0) is 73.5 Å². The maximum atomic E-state index is 12.8. The van der Waals surface area contributed by atoms with Gasteiger partial charge in [0.25, 0.3) is 5.91 Å². The van der Waals surface area contributed by atoms with Crippen molar-refractivity contribution in [2.75, 3.05) is 26.3 Å². The topological polar surface area (TPSA) is 67.5 Å². The van der Waals surface area contributed by atoms with Crippen molar-refractivity contribution in [3.8, 4) is 17.5 Å². The average Bonchev–Trinajstić information content (AvgIpc) is 3.15. The second kappa shape index (κ2) is 10.7. The average molecular weight is 520 g/mol. The van der Waals surface area contributed by atoms with Gasteiger partial charge in [-0.3, -0.25) is 4.79 Å². The van der Waals surface area contributed by atoms with Crippen LogP contribution in [-0.2, 0) is 16.1 Å². The van der Waals surface area contributed by atoms with E-state index in [0.717, 1.165) is 38.4 Å². The Kier molecular flexibility index (Phi) is 7.51. The van der Waals surface area contributed by atoms with Gasteiger partial charge < -0.3 is 18.9 Å². The maximum absolute atomic E-state index is 12.8. The first kappa shape index (κ1) is 23.8. The summed E-state index contributed by atoms with van der Waals surface area (Å²) in [7, 11) is 0. The molecule has 4 rings (SSSR count). The van der Waals surface area contributed by atoms with Crippen molar-refractivity contribution in [2.24, 2.45) is 0 Å². The number of halogens is 1. The Bertz CT molecular complexity index is 1230. The molecule has 0 radical (unpaired) electrons. The van der Waals surface area contributed by atoms with Gasteiger partial charge in [-0.25, -0.2) is 0 Å². The molecule has 0 aliphatic carbocycles. The van der Waals surface area contributed by atoms with Crippen molar-refractivity contribution in [3.63, 3.8) is 0 Å². The molecule has 1 fully saturated rings. The highest BCUT2D eigenvalue weighted by Gasteiger charge is 2.21. The van der Waals surface area contributed by atoms with Crippen molar-refractivity contribution in [2.45, 2.75) is 20.5 Å². The molecule has 0 atom stereocenters. The lowest BCUT2D eigenvalue weighted by Gasteiger charge is -2.26. The molecule has 0 unspecified atom stereocenters. The van der Waals surface area contributed by atoms with Crippen LogP contribution in [0.2, 0.25) is 0 Å². The minimum atomic E-state index is -0.247. The largest absolute Gasteiger partial charge is 0.489 e. The maximum Gasteiger partial charge on any atom is 0.264 e. The summed E-state index contributed by atoms with van der Waals surface area (Å²) in [5.41, 5.74) is 5.06. The Balaban J connectivity index is 1.51. The number of nitriles is 1. The van der Waals surface area contributed by atoms with Gasteiger partial charge in [0.05, 0.1) is 13.2 Å². The lowest BCUT2D eigenvalue weighted by atomic mass is 10.1. The second-order valence-corrected chi connectivity index (χ2v) is 9.06. The van der Waals surface area contributed by atoms with E-state index in [0.29, 0.717) is 32.9 Å². The molecule has 0 bridgehead atoms. The highest BCUT2D eigenvalue weighted by atomic mass is 79.9. The van der Waals surface area contributed by atoms with E-state index in [9.17, 15) is 10.1 Å². The fraction of sp³-hybridized carbons (Fsp3) is 0.259. The highest BCUT2D eigenvalue weighted by Crippen LogP contribution is 2.25. The fourth-order valence-electron chi connectivity index (χ4n) is 4.00. The van der Waals surface area contributed by atoms with Crippen LogP contribution in [0.5, 0.6) is 5.75 Å². The second-order valence-electron chi connectivity index (χ2n) is 8.15. The van der Waals surface area contributed by atoms with E-state index in [1.807, 2.05) is 68.4 Å². The number of benzene rings is 2. The van der Waals surface area contributed by atoms with Crippen molar-refractivity contribution in [1.82, 2.24) is 9.47 Å². The molecular weight excluding hydrogens is 494 g/mol. The highest BCUT2D eigenvalue weighted by molar-refractivity contribution is 9.10. The van der Waals surface area contributed by atoms with E-state index in [1.54, 1.807) is 11.0 Å². The number of morpholine rings is 1. The number of aromatic nitrogens is 1. The van der Waals surface area contributed by atoms with Crippen molar-refractivity contribution >= 4 is 27.9 Å². The Hall–Kier alpha value is -3.34. The zero-order valence-corrected chi connectivity index (χ0v) is 20.8. The number of carbonyl (C=O) groups excluding carboxylic acids is 1. The van der Waals surface area contributed by atoms with Crippen molar-refractivity contribution < 1.29 is 14.3 Å².